The summed E-state index contributed by atoms with van der Waals surface area (Å²) >= 11 is 0. The smallest absolute Gasteiger partial charge is 0.243 e. The first kappa shape index (κ1) is 18.8. The molecule has 8 heteroatoms. The molecule has 0 radical (unpaired) electrons. The second kappa shape index (κ2) is 7.81. The summed E-state index contributed by atoms with van der Waals surface area (Å²) in [7, 11) is -3.64. The molecule has 7 nitrogen and oxygen atoms in total. The van der Waals surface area contributed by atoms with Crippen LogP contribution in [0.4, 0.5) is 5.69 Å². The van der Waals surface area contributed by atoms with Crippen molar-refractivity contribution < 1.29 is 22.7 Å². The van der Waals surface area contributed by atoms with E-state index in [-0.39, 0.29) is 16.7 Å². The molecular weight excluding hydrogens is 380 g/mol. The molecular formula is C20H22N2O5S. The summed E-state index contributed by atoms with van der Waals surface area (Å²) in [5.74, 6) is 0.737. The third kappa shape index (κ3) is 3.83. The number of fused-ring (bicyclic) bond motifs is 1. The number of nitrogens with zero attached hydrogens (tertiary/aromatic N) is 1. The van der Waals surface area contributed by atoms with Crippen molar-refractivity contribution >= 4 is 21.6 Å². The molecule has 0 aromatic heterocycles. The lowest BCUT2D eigenvalue weighted by atomic mass is 9.97. The molecule has 0 unspecified atom stereocenters. The number of carbonyl (C=O) groups is 1. The third-order valence-electron chi connectivity index (χ3n) is 5.02. The van der Waals surface area contributed by atoms with Crippen molar-refractivity contribution in [3.63, 3.8) is 0 Å². The van der Waals surface area contributed by atoms with Crippen LogP contribution in [0, 0.1) is 5.92 Å². The Labute approximate surface area is 164 Å². The normalized spacial score (nSPS) is 17.9. The maximum atomic E-state index is 13.0. The quantitative estimate of drug-likeness (QED) is 0.849. The molecule has 0 atom stereocenters. The van der Waals surface area contributed by atoms with Crippen molar-refractivity contribution in [1.29, 1.82) is 0 Å². The van der Waals surface area contributed by atoms with Crippen LogP contribution < -0.4 is 14.8 Å². The number of rotatable bonds is 4. The third-order valence-corrected chi connectivity index (χ3v) is 6.91. The Morgan fingerprint density at radius 2 is 1.64 bits per heavy atom. The summed E-state index contributed by atoms with van der Waals surface area (Å²) in [4.78, 5) is 12.6. The SMILES string of the molecule is O=C(Nc1ccccc1)C1CCN(S(=O)(=O)c2ccc3c(c2)OCCO3)CC1. The van der Waals surface area contributed by atoms with Gasteiger partial charge in [-0.25, -0.2) is 8.42 Å². The van der Waals surface area contributed by atoms with E-state index in [1.807, 2.05) is 30.3 Å². The lowest BCUT2D eigenvalue weighted by molar-refractivity contribution is -0.120. The van der Waals surface area contributed by atoms with Gasteiger partial charge in [-0.05, 0) is 37.1 Å². The van der Waals surface area contributed by atoms with Crippen LogP contribution in [0.5, 0.6) is 11.5 Å². The highest BCUT2D eigenvalue weighted by atomic mass is 32.2. The summed E-state index contributed by atoms with van der Waals surface area (Å²) in [5, 5.41) is 2.89. The van der Waals surface area contributed by atoms with E-state index in [4.69, 9.17) is 9.47 Å². The highest BCUT2D eigenvalue weighted by Crippen LogP contribution is 2.34. The zero-order chi connectivity index (χ0) is 19.6. The van der Waals surface area contributed by atoms with Gasteiger partial charge in [0.1, 0.15) is 13.2 Å². The molecule has 1 saturated heterocycles. The molecule has 0 aliphatic carbocycles. The lowest BCUT2D eigenvalue weighted by Crippen LogP contribution is -2.41. The second-order valence-electron chi connectivity index (χ2n) is 6.84. The summed E-state index contributed by atoms with van der Waals surface area (Å²) in [6, 6.07) is 13.9. The van der Waals surface area contributed by atoms with Gasteiger partial charge in [-0.15, -0.1) is 0 Å². The molecule has 1 amide bonds. The van der Waals surface area contributed by atoms with E-state index in [2.05, 4.69) is 5.32 Å². The van der Waals surface area contributed by atoms with Crippen LogP contribution in [0.1, 0.15) is 12.8 Å². The van der Waals surface area contributed by atoms with Crippen LogP contribution >= 0.6 is 0 Å². The van der Waals surface area contributed by atoms with Crippen molar-refractivity contribution in [2.75, 3.05) is 31.6 Å². The van der Waals surface area contributed by atoms with E-state index in [1.165, 1.54) is 16.4 Å². The van der Waals surface area contributed by atoms with Gasteiger partial charge >= 0.3 is 0 Å². The Balaban J connectivity index is 1.41. The van der Waals surface area contributed by atoms with E-state index in [0.29, 0.717) is 50.6 Å². The van der Waals surface area contributed by atoms with Gasteiger partial charge < -0.3 is 14.8 Å². The topological polar surface area (TPSA) is 84.9 Å². The molecule has 148 valence electrons. The molecule has 2 aromatic rings. The molecule has 2 aliphatic rings. The molecule has 1 N–H and O–H groups in total. The van der Waals surface area contributed by atoms with E-state index in [9.17, 15) is 13.2 Å². The van der Waals surface area contributed by atoms with E-state index < -0.39 is 10.0 Å². The fourth-order valence-electron chi connectivity index (χ4n) is 3.46. The number of para-hydroxylation sites is 1. The average molecular weight is 402 g/mol. The van der Waals surface area contributed by atoms with Crippen molar-refractivity contribution in [1.82, 2.24) is 4.31 Å². The molecule has 4 rings (SSSR count). The van der Waals surface area contributed by atoms with Gasteiger partial charge in [-0.1, -0.05) is 18.2 Å². The van der Waals surface area contributed by atoms with E-state index in [0.717, 1.165) is 5.69 Å². The number of anilines is 1. The maximum absolute atomic E-state index is 13.0. The molecule has 1 fully saturated rings. The number of hydrogen-bond acceptors (Lipinski definition) is 5. The van der Waals surface area contributed by atoms with Crippen LogP contribution in [-0.2, 0) is 14.8 Å². The zero-order valence-corrected chi connectivity index (χ0v) is 16.2. The summed E-state index contributed by atoms with van der Waals surface area (Å²) in [5.41, 5.74) is 0.749. The second-order valence-corrected chi connectivity index (χ2v) is 8.78. The number of nitrogens with one attached hydrogen (secondary N) is 1. The standard InChI is InChI=1S/C20H22N2O5S/c23-20(21-16-4-2-1-3-5-16)15-8-10-22(11-9-15)28(24,25)17-6-7-18-19(14-17)27-13-12-26-18/h1-7,14-15H,8-13H2,(H,21,23). The van der Waals surface area contributed by atoms with E-state index in [1.54, 1.807) is 6.07 Å². The molecule has 28 heavy (non-hydrogen) atoms. The van der Waals surface area contributed by atoms with Gasteiger partial charge in [0, 0.05) is 30.8 Å². The van der Waals surface area contributed by atoms with Crippen LogP contribution in [0.3, 0.4) is 0 Å². The Hall–Kier alpha value is -2.58. The number of benzene rings is 2. The van der Waals surface area contributed by atoms with Gasteiger partial charge in [0.25, 0.3) is 0 Å². The van der Waals surface area contributed by atoms with Crippen molar-refractivity contribution in [3.8, 4) is 11.5 Å². The fourth-order valence-corrected chi connectivity index (χ4v) is 4.94. The summed E-state index contributed by atoms with van der Waals surface area (Å²) in [6.07, 6.45) is 0.977. The molecule has 0 spiro atoms. The van der Waals surface area contributed by atoms with Gasteiger partial charge in [0.15, 0.2) is 11.5 Å². The number of hydrogen-bond donors (Lipinski definition) is 1. The highest BCUT2D eigenvalue weighted by Gasteiger charge is 2.32. The maximum Gasteiger partial charge on any atom is 0.243 e. The molecule has 2 heterocycles. The zero-order valence-electron chi connectivity index (χ0n) is 15.3. The minimum atomic E-state index is -3.64. The van der Waals surface area contributed by atoms with Crippen molar-refractivity contribution in [2.45, 2.75) is 17.7 Å². The average Bonchev–Trinajstić information content (AvgIpc) is 2.74. The van der Waals surface area contributed by atoms with Crippen molar-refractivity contribution in [2.24, 2.45) is 5.92 Å². The number of sulfonamides is 1. The largest absolute Gasteiger partial charge is 0.486 e. The Kier molecular flexibility index (Phi) is 5.23. The van der Waals surface area contributed by atoms with Crippen LogP contribution in [0.25, 0.3) is 0 Å². The minimum Gasteiger partial charge on any atom is -0.486 e. The Morgan fingerprint density at radius 3 is 2.36 bits per heavy atom. The first-order valence-corrected chi connectivity index (χ1v) is 10.7. The van der Waals surface area contributed by atoms with Crippen LogP contribution in [-0.4, -0.2) is 44.9 Å². The van der Waals surface area contributed by atoms with E-state index >= 15 is 0 Å². The van der Waals surface area contributed by atoms with Crippen molar-refractivity contribution in [3.05, 3.63) is 48.5 Å². The first-order chi connectivity index (χ1) is 13.5. The molecule has 0 saturated carbocycles. The monoisotopic (exact) mass is 402 g/mol. The first-order valence-electron chi connectivity index (χ1n) is 9.30. The van der Waals surface area contributed by atoms with Crippen LogP contribution in [0.15, 0.2) is 53.4 Å². The molecule has 2 aromatic carbocycles. The van der Waals surface area contributed by atoms with Gasteiger partial charge in [-0.2, -0.15) is 4.31 Å². The Bertz CT molecular complexity index is 954. The van der Waals surface area contributed by atoms with Gasteiger partial charge in [0.05, 0.1) is 4.90 Å². The minimum absolute atomic E-state index is 0.0671. The number of carbonyl (C=O) groups excluding carboxylic acids is 1. The molecule has 2 aliphatic heterocycles. The predicted molar refractivity (Wildman–Crippen MR) is 104 cm³/mol. The summed E-state index contributed by atoms with van der Waals surface area (Å²) < 4.78 is 38.3. The van der Waals surface area contributed by atoms with Gasteiger partial charge in [0.2, 0.25) is 15.9 Å². The lowest BCUT2D eigenvalue weighted by Gasteiger charge is -2.30. The van der Waals surface area contributed by atoms with Crippen LogP contribution in [0.2, 0.25) is 0 Å². The highest BCUT2D eigenvalue weighted by molar-refractivity contribution is 7.89. The summed E-state index contributed by atoms with van der Waals surface area (Å²) in [6.45, 7) is 1.48. The number of piperidine rings is 1. The number of amides is 1. The van der Waals surface area contributed by atoms with Gasteiger partial charge in [-0.3, -0.25) is 4.79 Å². The fraction of sp³-hybridized carbons (Fsp3) is 0.350. The number of ether oxygens (including phenoxy) is 2. The predicted octanol–water partition coefficient (Wildman–Crippen LogP) is 2.50. The molecule has 0 bridgehead atoms. The Morgan fingerprint density at radius 1 is 0.964 bits per heavy atom.